The largest absolute Gasteiger partial charge is 0.493 e. The fourth-order valence-electron chi connectivity index (χ4n) is 2.99. The number of aromatic nitrogens is 1. The molecule has 0 spiro atoms. The lowest BCUT2D eigenvalue weighted by molar-refractivity contribution is -0.136. The molecule has 0 radical (unpaired) electrons. The number of aryl methyl sites for hydroxylation is 1. The maximum atomic E-state index is 12.6. The van der Waals surface area contributed by atoms with E-state index in [2.05, 4.69) is 24.5 Å². The molecule has 0 saturated heterocycles. The molecule has 1 aromatic heterocycles. The van der Waals surface area contributed by atoms with Crippen molar-refractivity contribution in [2.45, 2.75) is 40.2 Å². The first-order valence-corrected chi connectivity index (χ1v) is 10.2. The van der Waals surface area contributed by atoms with Crippen LogP contribution in [0.3, 0.4) is 0 Å². The Kier molecular flexibility index (Phi) is 8.21. The van der Waals surface area contributed by atoms with Crippen LogP contribution < -0.4 is 20.9 Å². The van der Waals surface area contributed by atoms with Crippen molar-refractivity contribution in [3.05, 3.63) is 58.5 Å². The smallest absolute Gasteiger partial charge is 0.313 e. The van der Waals surface area contributed by atoms with Crippen molar-refractivity contribution in [2.75, 3.05) is 11.9 Å². The van der Waals surface area contributed by atoms with E-state index >= 15 is 0 Å². The molecule has 30 heavy (non-hydrogen) atoms. The standard InChI is InChI=1S/C23H31N3O4/c1-15(2)13-19(17-9-6-7-11-20(17)30-14-16(3)4)25-22(28)21(27)24-18-10-8-12-26(5)23(18)29/h6-12,15-16,19H,13-14H2,1-5H3,(H,24,27)(H,25,28). The van der Waals surface area contributed by atoms with Crippen molar-refractivity contribution in [3.8, 4) is 5.75 Å². The van der Waals surface area contributed by atoms with Gasteiger partial charge < -0.3 is 19.9 Å². The summed E-state index contributed by atoms with van der Waals surface area (Å²) in [4.78, 5) is 37.1. The normalized spacial score (nSPS) is 12.0. The molecule has 2 N–H and O–H groups in total. The minimum atomic E-state index is -0.882. The third kappa shape index (κ3) is 6.47. The second kappa shape index (κ2) is 10.6. The Morgan fingerprint density at radius 1 is 1.00 bits per heavy atom. The summed E-state index contributed by atoms with van der Waals surface area (Å²) < 4.78 is 7.26. The van der Waals surface area contributed by atoms with E-state index in [1.54, 1.807) is 19.3 Å². The second-order valence-corrected chi connectivity index (χ2v) is 8.19. The molecule has 0 fully saturated rings. The van der Waals surface area contributed by atoms with Gasteiger partial charge in [-0.3, -0.25) is 14.4 Å². The molecule has 0 aliphatic heterocycles. The molecule has 162 valence electrons. The summed E-state index contributed by atoms with van der Waals surface area (Å²) in [5, 5.41) is 5.21. The Morgan fingerprint density at radius 3 is 2.37 bits per heavy atom. The number of benzene rings is 1. The van der Waals surface area contributed by atoms with Crippen LogP contribution in [0, 0.1) is 11.8 Å². The molecule has 1 unspecified atom stereocenters. The molecule has 1 atom stereocenters. The van der Waals surface area contributed by atoms with Crippen molar-refractivity contribution >= 4 is 17.5 Å². The fourth-order valence-corrected chi connectivity index (χ4v) is 2.99. The van der Waals surface area contributed by atoms with Gasteiger partial charge in [-0.15, -0.1) is 0 Å². The van der Waals surface area contributed by atoms with Crippen LogP contribution in [0.4, 0.5) is 5.69 Å². The van der Waals surface area contributed by atoms with Crippen LogP contribution in [0.15, 0.2) is 47.4 Å². The van der Waals surface area contributed by atoms with E-state index in [0.29, 0.717) is 24.7 Å². The monoisotopic (exact) mass is 413 g/mol. The van der Waals surface area contributed by atoms with Crippen LogP contribution in [0.2, 0.25) is 0 Å². The van der Waals surface area contributed by atoms with Crippen molar-refractivity contribution in [1.29, 1.82) is 0 Å². The number of carbonyl (C=O) groups is 2. The summed E-state index contributed by atoms with van der Waals surface area (Å²) >= 11 is 0. The van der Waals surface area contributed by atoms with Gasteiger partial charge in [-0.2, -0.15) is 0 Å². The lowest BCUT2D eigenvalue weighted by Gasteiger charge is -2.23. The van der Waals surface area contributed by atoms with Crippen LogP contribution in [-0.4, -0.2) is 23.0 Å². The van der Waals surface area contributed by atoms with Gasteiger partial charge in [-0.05, 0) is 36.5 Å². The number of nitrogens with one attached hydrogen (secondary N) is 2. The van der Waals surface area contributed by atoms with Crippen LogP contribution in [-0.2, 0) is 16.6 Å². The Balaban J connectivity index is 2.20. The summed E-state index contributed by atoms with van der Waals surface area (Å²) in [6.45, 7) is 8.77. The summed E-state index contributed by atoms with van der Waals surface area (Å²) in [6.07, 6.45) is 2.21. The van der Waals surface area contributed by atoms with Gasteiger partial charge in [0.2, 0.25) is 0 Å². The van der Waals surface area contributed by atoms with Gasteiger partial charge in [0.15, 0.2) is 0 Å². The summed E-state index contributed by atoms with van der Waals surface area (Å²) in [5.74, 6) is -0.360. The second-order valence-electron chi connectivity index (χ2n) is 8.19. The van der Waals surface area contributed by atoms with Gasteiger partial charge in [0.05, 0.1) is 12.6 Å². The van der Waals surface area contributed by atoms with Gasteiger partial charge in [-0.1, -0.05) is 45.9 Å². The van der Waals surface area contributed by atoms with Gasteiger partial charge in [0.1, 0.15) is 11.4 Å². The summed E-state index contributed by atoms with van der Waals surface area (Å²) in [7, 11) is 1.57. The number of amides is 2. The van der Waals surface area contributed by atoms with Gasteiger partial charge in [-0.25, -0.2) is 0 Å². The van der Waals surface area contributed by atoms with E-state index in [0.717, 1.165) is 5.56 Å². The Bertz CT molecular complexity index is 934. The maximum Gasteiger partial charge on any atom is 0.313 e. The minimum Gasteiger partial charge on any atom is -0.493 e. The third-order valence-electron chi connectivity index (χ3n) is 4.46. The summed E-state index contributed by atoms with van der Waals surface area (Å²) in [5.41, 5.74) is 0.495. The molecule has 0 aliphatic carbocycles. The highest BCUT2D eigenvalue weighted by molar-refractivity contribution is 6.39. The minimum absolute atomic E-state index is 0.0567. The highest BCUT2D eigenvalue weighted by Crippen LogP contribution is 2.30. The van der Waals surface area contributed by atoms with Crippen molar-refractivity contribution in [2.24, 2.45) is 18.9 Å². The average molecular weight is 414 g/mol. The third-order valence-corrected chi connectivity index (χ3v) is 4.46. The molecule has 7 nitrogen and oxygen atoms in total. The Hall–Kier alpha value is -3.09. The number of pyridine rings is 1. The molecule has 1 heterocycles. The fraction of sp³-hybridized carbons (Fsp3) is 0.435. The number of anilines is 1. The van der Waals surface area contributed by atoms with Crippen LogP contribution >= 0.6 is 0 Å². The maximum absolute atomic E-state index is 12.6. The lowest BCUT2D eigenvalue weighted by Crippen LogP contribution is -2.39. The predicted molar refractivity (Wildman–Crippen MR) is 117 cm³/mol. The molecule has 1 aromatic carbocycles. The van der Waals surface area contributed by atoms with E-state index in [1.165, 1.54) is 10.6 Å². The zero-order valence-electron chi connectivity index (χ0n) is 18.3. The number of rotatable bonds is 8. The van der Waals surface area contributed by atoms with Crippen molar-refractivity contribution in [1.82, 2.24) is 9.88 Å². The Labute approximate surface area is 177 Å². The lowest BCUT2D eigenvalue weighted by atomic mass is 9.96. The zero-order valence-corrected chi connectivity index (χ0v) is 18.3. The van der Waals surface area contributed by atoms with Gasteiger partial charge >= 0.3 is 11.8 Å². The predicted octanol–water partition coefficient (Wildman–Crippen LogP) is 3.26. The number of para-hydroxylation sites is 1. The number of carbonyl (C=O) groups excluding carboxylic acids is 2. The number of hydrogen-bond acceptors (Lipinski definition) is 4. The van der Waals surface area contributed by atoms with E-state index in [1.807, 2.05) is 38.1 Å². The number of ether oxygens (including phenoxy) is 1. The molecule has 2 aromatic rings. The quantitative estimate of drug-likeness (QED) is 0.650. The van der Waals surface area contributed by atoms with Crippen LogP contribution in [0.25, 0.3) is 0 Å². The molecule has 0 bridgehead atoms. The molecular formula is C23H31N3O4. The first-order chi connectivity index (χ1) is 14.2. The highest BCUT2D eigenvalue weighted by atomic mass is 16.5. The van der Waals surface area contributed by atoms with Crippen molar-refractivity contribution in [3.63, 3.8) is 0 Å². The van der Waals surface area contributed by atoms with Gasteiger partial charge in [0.25, 0.3) is 5.56 Å². The average Bonchev–Trinajstić information content (AvgIpc) is 2.69. The van der Waals surface area contributed by atoms with E-state index in [-0.39, 0.29) is 17.2 Å². The van der Waals surface area contributed by atoms with E-state index in [4.69, 9.17) is 4.74 Å². The topological polar surface area (TPSA) is 89.4 Å². The molecule has 2 rings (SSSR count). The molecule has 0 aliphatic rings. The van der Waals surface area contributed by atoms with Gasteiger partial charge in [0, 0.05) is 18.8 Å². The zero-order chi connectivity index (χ0) is 22.3. The molecular weight excluding hydrogens is 382 g/mol. The molecule has 2 amide bonds. The Morgan fingerprint density at radius 2 is 1.70 bits per heavy atom. The molecule has 7 heteroatoms. The number of nitrogens with zero attached hydrogens (tertiary/aromatic N) is 1. The van der Waals surface area contributed by atoms with Crippen molar-refractivity contribution < 1.29 is 14.3 Å². The van der Waals surface area contributed by atoms with Crippen LogP contribution in [0.5, 0.6) is 5.75 Å². The van der Waals surface area contributed by atoms with E-state index < -0.39 is 17.9 Å². The number of hydrogen-bond donors (Lipinski definition) is 2. The van der Waals surface area contributed by atoms with Crippen LogP contribution in [0.1, 0.15) is 45.7 Å². The molecule has 0 saturated carbocycles. The first-order valence-electron chi connectivity index (χ1n) is 10.2. The SMILES string of the molecule is CC(C)COc1ccccc1C(CC(C)C)NC(=O)C(=O)Nc1cccn(C)c1=O. The first kappa shape index (κ1) is 23.2. The summed E-state index contributed by atoms with van der Waals surface area (Å²) in [6, 6.07) is 10.2. The highest BCUT2D eigenvalue weighted by Gasteiger charge is 2.24. The van der Waals surface area contributed by atoms with E-state index in [9.17, 15) is 14.4 Å².